The average Bonchev–Trinajstić information content (AvgIpc) is 2.69. The minimum absolute atomic E-state index is 0.0426. The first-order valence-corrected chi connectivity index (χ1v) is 8.00. The number of anilines is 1. The molecule has 2 aromatic carbocycles. The first kappa shape index (κ1) is 20.8. The van der Waals surface area contributed by atoms with E-state index in [1.807, 2.05) is 0 Å². The highest BCUT2D eigenvalue weighted by Gasteiger charge is 2.43. The molecule has 1 unspecified atom stereocenters. The summed E-state index contributed by atoms with van der Waals surface area (Å²) in [5, 5.41) is 12.0. The number of para-hydroxylation sites is 1. The number of carbonyl (C=O) groups excluding carboxylic acids is 1. The maximum absolute atomic E-state index is 12.5. The van der Waals surface area contributed by atoms with Gasteiger partial charge in [-0.2, -0.15) is 18.4 Å². The third kappa shape index (κ3) is 6.02. The smallest absolute Gasteiger partial charge is 0.490 e. The Morgan fingerprint density at radius 2 is 1.82 bits per heavy atom. The molecule has 28 heavy (non-hydrogen) atoms. The van der Waals surface area contributed by atoms with E-state index in [0.29, 0.717) is 17.0 Å². The van der Waals surface area contributed by atoms with Crippen molar-refractivity contribution in [3.8, 4) is 11.8 Å². The van der Waals surface area contributed by atoms with Crippen molar-refractivity contribution in [1.29, 1.82) is 5.26 Å². The van der Waals surface area contributed by atoms with E-state index in [0.717, 1.165) is 0 Å². The molecule has 9 heteroatoms. The number of rotatable bonds is 6. The Morgan fingerprint density at radius 3 is 2.36 bits per heavy atom. The normalized spacial score (nSPS) is 12.6. The summed E-state index contributed by atoms with van der Waals surface area (Å²) in [6.07, 6.45) is -7.07. The number of hydrogen-bond donors (Lipinski definition) is 1. The second kappa shape index (κ2) is 9.41. The van der Waals surface area contributed by atoms with Crippen LogP contribution >= 0.6 is 0 Å². The van der Waals surface area contributed by atoms with Gasteiger partial charge >= 0.3 is 12.1 Å². The van der Waals surface area contributed by atoms with Crippen molar-refractivity contribution >= 4 is 17.5 Å². The average molecular weight is 391 g/mol. The van der Waals surface area contributed by atoms with Crippen molar-refractivity contribution in [3.63, 3.8) is 0 Å². The van der Waals surface area contributed by atoms with E-state index in [-0.39, 0.29) is 12.4 Å². The Balaban J connectivity index is 2.26. The molecular weight excluding hydrogens is 375 g/mol. The molecule has 2 rings (SSSR count). The van der Waals surface area contributed by atoms with Crippen LogP contribution in [0, 0.1) is 11.3 Å². The van der Waals surface area contributed by atoms with E-state index >= 15 is 0 Å². The monoisotopic (exact) mass is 391 g/mol. The molecule has 0 aliphatic carbocycles. The van der Waals surface area contributed by atoms with E-state index in [1.165, 1.54) is 13.2 Å². The Hall–Kier alpha value is -3.54. The molecule has 0 saturated heterocycles. The van der Waals surface area contributed by atoms with E-state index < -0.39 is 18.2 Å². The van der Waals surface area contributed by atoms with Gasteiger partial charge in [0, 0.05) is 5.69 Å². The van der Waals surface area contributed by atoms with Gasteiger partial charge in [0.05, 0.1) is 13.7 Å². The molecule has 0 aliphatic heterocycles. The highest BCUT2D eigenvalue weighted by atomic mass is 19.4. The number of nitriles is 1. The molecule has 0 amide bonds. The number of nitrogens with one attached hydrogen (secondary N) is 1. The molecule has 0 heterocycles. The maximum Gasteiger partial charge on any atom is 0.490 e. The van der Waals surface area contributed by atoms with Gasteiger partial charge in [0.1, 0.15) is 11.8 Å². The fraction of sp³-hybridized carbons (Fsp3) is 0.211. The number of methoxy groups -OCH3 is 1. The van der Waals surface area contributed by atoms with Crippen LogP contribution in [0.2, 0.25) is 0 Å². The third-order valence-electron chi connectivity index (χ3n) is 3.46. The molecule has 6 nitrogen and oxygen atoms in total. The number of halogens is 3. The summed E-state index contributed by atoms with van der Waals surface area (Å²) in [7, 11) is 1.52. The summed E-state index contributed by atoms with van der Waals surface area (Å²) in [5.41, 5.74) is 1.19. The van der Waals surface area contributed by atoms with Crippen LogP contribution in [0.3, 0.4) is 0 Å². The lowest BCUT2D eigenvalue weighted by Gasteiger charge is -2.16. The summed E-state index contributed by atoms with van der Waals surface area (Å²) in [4.78, 5) is 15.3. The predicted octanol–water partition coefficient (Wildman–Crippen LogP) is 3.70. The lowest BCUT2D eigenvalue weighted by atomic mass is 10.2. The molecule has 0 saturated carbocycles. The van der Waals surface area contributed by atoms with Gasteiger partial charge in [0.15, 0.2) is 5.84 Å². The number of aliphatic imine (C=N–C) groups is 1. The number of nitrogens with zero attached hydrogens (tertiary/aromatic N) is 2. The zero-order valence-electron chi connectivity index (χ0n) is 14.7. The standard InChI is InChI=1S/C19H16F3N3O3/c1-27-15-9-7-13(8-10-15)12-24-17(25-14-5-3-2-4-6-14)16(11-23)28-18(26)19(20,21)22/h2-10,16H,12H2,1H3,(H,24,25). The number of carbonyl (C=O) groups is 1. The van der Waals surface area contributed by atoms with Gasteiger partial charge < -0.3 is 14.8 Å². The van der Waals surface area contributed by atoms with Gasteiger partial charge in [0.25, 0.3) is 0 Å². The van der Waals surface area contributed by atoms with E-state index in [1.54, 1.807) is 54.6 Å². The Morgan fingerprint density at radius 1 is 1.18 bits per heavy atom. The lowest BCUT2D eigenvalue weighted by molar-refractivity contribution is -0.200. The van der Waals surface area contributed by atoms with Crippen LogP contribution in [0.5, 0.6) is 5.75 Å². The highest BCUT2D eigenvalue weighted by Crippen LogP contribution is 2.19. The topological polar surface area (TPSA) is 83.7 Å². The van der Waals surface area contributed by atoms with Crippen molar-refractivity contribution in [2.24, 2.45) is 4.99 Å². The Bertz CT molecular complexity index is 860. The van der Waals surface area contributed by atoms with Crippen LogP contribution in [0.4, 0.5) is 18.9 Å². The molecular formula is C19H16F3N3O3. The maximum atomic E-state index is 12.5. The molecule has 0 spiro atoms. The summed E-state index contributed by atoms with van der Waals surface area (Å²) in [6.45, 7) is 0.0426. The summed E-state index contributed by atoms with van der Waals surface area (Å²) in [6, 6.07) is 16.7. The minimum atomic E-state index is -5.22. The Kier molecular flexibility index (Phi) is 6.98. The second-order valence-corrected chi connectivity index (χ2v) is 5.45. The first-order chi connectivity index (χ1) is 13.3. The van der Waals surface area contributed by atoms with Crippen molar-refractivity contribution in [3.05, 3.63) is 60.2 Å². The largest absolute Gasteiger partial charge is 0.497 e. The number of hydrogen-bond acceptors (Lipinski definition) is 5. The van der Waals surface area contributed by atoms with Gasteiger partial charge in [-0.15, -0.1) is 0 Å². The SMILES string of the molecule is COc1ccc(CN=C(Nc2ccccc2)C(C#N)OC(=O)C(F)(F)F)cc1. The van der Waals surface area contributed by atoms with E-state index in [4.69, 9.17) is 4.74 Å². The summed E-state index contributed by atoms with van der Waals surface area (Å²) >= 11 is 0. The number of esters is 1. The highest BCUT2D eigenvalue weighted by molar-refractivity contribution is 6.01. The quantitative estimate of drug-likeness (QED) is 0.461. The van der Waals surface area contributed by atoms with E-state index in [2.05, 4.69) is 15.0 Å². The van der Waals surface area contributed by atoms with Crippen LogP contribution in [0.1, 0.15) is 5.56 Å². The van der Waals surface area contributed by atoms with Gasteiger partial charge in [0.2, 0.25) is 6.10 Å². The molecule has 0 radical (unpaired) electrons. The summed E-state index contributed by atoms with van der Waals surface area (Å²) < 4.78 is 46.8. The molecule has 1 atom stereocenters. The third-order valence-corrected chi connectivity index (χ3v) is 3.46. The zero-order chi connectivity index (χ0) is 20.6. The molecule has 1 N–H and O–H groups in total. The molecule has 0 fully saturated rings. The van der Waals surface area contributed by atoms with Crippen LogP contribution in [-0.4, -0.2) is 31.2 Å². The Labute approximate surface area is 159 Å². The molecule has 2 aromatic rings. The fourth-order valence-electron chi connectivity index (χ4n) is 2.08. The van der Waals surface area contributed by atoms with Crippen LogP contribution < -0.4 is 10.1 Å². The number of ether oxygens (including phenoxy) is 2. The molecule has 0 aliphatic rings. The number of alkyl halides is 3. The predicted molar refractivity (Wildman–Crippen MR) is 95.7 cm³/mol. The van der Waals surface area contributed by atoms with Crippen molar-refractivity contribution < 1.29 is 27.4 Å². The number of amidine groups is 1. The van der Waals surface area contributed by atoms with Crippen LogP contribution in [0.15, 0.2) is 59.6 Å². The van der Waals surface area contributed by atoms with Crippen molar-refractivity contribution in [2.45, 2.75) is 18.8 Å². The van der Waals surface area contributed by atoms with E-state index in [9.17, 15) is 23.2 Å². The zero-order valence-corrected chi connectivity index (χ0v) is 14.7. The lowest BCUT2D eigenvalue weighted by Crippen LogP contribution is -2.36. The fourth-order valence-corrected chi connectivity index (χ4v) is 2.08. The first-order valence-electron chi connectivity index (χ1n) is 8.00. The summed E-state index contributed by atoms with van der Waals surface area (Å²) in [5.74, 6) is -2.06. The molecule has 146 valence electrons. The van der Waals surface area contributed by atoms with Crippen molar-refractivity contribution in [2.75, 3.05) is 12.4 Å². The van der Waals surface area contributed by atoms with Crippen LogP contribution in [-0.2, 0) is 16.1 Å². The van der Waals surface area contributed by atoms with Gasteiger partial charge in [-0.3, -0.25) is 4.99 Å². The number of benzene rings is 2. The van der Waals surface area contributed by atoms with Gasteiger partial charge in [-0.25, -0.2) is 4.79 Å². The molecule has 0 bridgehead atoms. The minimum Gasteiger partial charge on any atom is -0.497 e. The van der Waals surface area contributed by atoms with Gasteiger partial charge in [-0.1, -0.05) is 30.3 Å². The molecule has 0 aromatic heterocycles. The van der Waals surface area contributed by atoms with Crippen LogP contribution in [0.25, 0.3) is 0 Å². The second-order valence-electron chi connectivity index (χ2n) is 5.45. The van der Waals surface area contributed by atoms with Crippen molar-refractivity contribution in [1.82, 2.24) is 0 Å². The van der Waals surface area contributed by atoms with Gasteiger partial charge in [-0.05, 0) is 29.8 Å².